The summed E-state index contributed by atoms with van der Waals surface area (Å²) in [6.07, 6.45) is 1.58. The molecule has 1 N–H and O–H groups in total. The van der Waals surface area contributed by atoms with Crippen LogP contribution in [-0.4, -0.2) is 22.2 Å². The molecule has 0 aliphatic heterocycles. The Hall–Kier alpha value is -2.75. The van der Waals surface area contributed by atoms with Gasteiger partial charge in [0.25, 0.3) is 0 Å². The highest BCUT2D eigenvalue weighted by atomic mass is 16.5. The molecule has 0 saturated heterocycles. The molecule has 0 saturated carbocycles. The lowest BCUT2D eigenvalue weighted by Crippen LogP contribution is -2.06. The molecule has 0 fully saturated rings. The van der Waals surface area contributed by atoms with E-state index in [1.165, 1.54) is 0 Å². The van der Waals surface area contributed by atoms with Crippen molar-refractivity contribution in [2.24, 2.45) is 0 Å². The molecule has 0 radical (unpaired) electrons. The molecule has 1 aromatic heterocycles. The molecule has 124 valence electrons. The van der Waals surface area contributed by atoms with Gasteiger partial charge in [0.2, 0.25) is 5.88 Å². The highest BCUT2D eigenvalue weighted by Crippen LogP contribution is 2.37. The van der Waals surface area contributed by atoms with Crippen LogP contribution in [0, 0.1) is 0 Å². The average molecular weight is 323 g/mol. The molecule has 0 aliphatic carbocycles. The number of nitrogens with zero attached hydrogens (tertiary/aromatic N) is 1. The fraction of sp³-hybridized carbons (Fsp3) is 0.250. The van der Waals surface area contributed by atoms with E-state index in [0.29, 0.717) is 12.5 Å². The molecule has 0 bridgehead atoms. The van der Waals surface area contributed by atoms with E-state index < -0.39 is 5.97 Å². The van der Waals surface area contributed by atoms with E-state index in [-0.39, 0.29) is 5.56 Å². The molecule has 1 heterocycles. The lowest BCUT2D eigenvalue weighted by Gasteiger charge is -2.12. The van der Waals surface area contributed by atoms with Crippen LogP contribution in [0.25, 0.3) is 16.6 Å². The van der Waals surface area contributed by atoms with E-state index in [1.54, 1.807) is 0 Å². The Kier molecular flexibility index (Phi) is 4.56. The van der Waals surface area contributed by atoms with Crippen molar-refractivity contribution < 1.29 is 14.6 Å². The number of hydrogen-bond acceptors (Lipinski definition) is 2. The van der Waals surface area contributed by atoms with Crippen molar-refractivity contribution in [1.29, 1.82) is 0 Å². The van der Waals surface area contributed by atoms with Crippen molar-refractivity contribution in [2.75, 3.05) is 6.61 Å². The third-order valence-corrected chi connectivity index (χ3v) is 4.09. The molecule has 0 atom stereocenters. The van der Waals surface area contributed by atoms with Crippen LogP contribution >= 0.6 is 0 Å². The van der Waals surface area contributed by atoms with E-state index in [2.05, 4.69) is 0 Å². The van der Waals surface area contributed by atoms with Gasteiger partial charge in [-0.1, -0.05) is 44.2 Å². The van der Waals surface area contributed by atoms with Crippen LogP contribution in [-0.2, 0) is 6.42 Å². The summed E-state index contributed by atoms with van der Waals surface area (Å²) in [5, 5.41) is 10.6. The number of fused-ring (bicyclic) bond motifs is 1. The van der Waals surface area contributed by atoms with Gasteiger partial charge in [0, 0.05) is 11.1 Å². The Morgan fingerprint density at radius 3 is 2.46 bits per heavy atom. The molecule has 4 heteroatoms. The second kappa shape index (κ2) is 6.79. The third kappa shape index (κ3) is 2.64. The largest absolute Gasteiger partial charge is 0.478 e. The van der Waals surface area contributed by atoms with E-state index >= 15 is 0 Å². The van der Waals surface area contributed by atoms with Crippen LogP contribution in [0.3, 0.4) is 0 Å². The number of benzene rings is 2. The molecule has 3 rings (SSSR count). The molecule has 3 aromatic rings. The predicted octanol–water partition coefficient (Wildman–Crippen LogP) is 4.68. The maximum absolute atomic E-state index is 12.0. The monoisotopic (exact) mass is 323 g/mol. The van der Waals surface area contributed by atoms with Crippen molar-refractivity contribution in [3.05, 3.63) is 59.7 Å². The summed E-state index contributed by atoms with van der Waals surface area (Å²) >= 11 is 0. The van der Waals surface area contributed by atoms with Gasteiger partial charge in [-0.15, -0.1) is 0 Å². The van der Waals surface area contributed by atoms with Crippen molar-refractivity contribution in [1.82, 2.24) is 4.57 Å². The van der Waals surface area contributed by atoms with Crippen LogP contribution < -0.4 is 4.74 Å². The van der Waals surface area contributed by atoms with E-state index in [4.69, 9.17) is 4.74 Å². The van der Waals surface area contributed by atoms with Gasteiger partial charge in [-0.25, -0.2) is 4.79 Å². The standard InChI is InChI=1S/C20H21NO3/c1-3-13-24-19-18(20(22)23)17-14(4-2)9-8-12-16(17)21(19)15-10-6-5-7-11-15/h5-12H,3-4,13H2,1-2H3,(H,22,23). The predicted molar refractivity (Wildman–Crippen MR) is 95.4 cm³/mol. The Bertz CT molecular complexity index is 865. The normalized spacial score (nSPS) is 10.9. The Morgan fingerprint density at radius 2 is 1.83 bits per heavy atom. The lowest BCUT2D eigenvalue weighted by molar-refractivity contribution is 0.0694. The molecule has 24 heavy (non-hydrogen) atoms. The second-order valence-corrected chi connectivity index (χ2v) is 5.67. The summed E-state index contributed by atoms with van der Waals surface area (Å²) in [6.45, 7) is 4.52. The first-order chi connectivity index (χ1) is 11.7. The first-order valence-corrected chi connectivity index (χ1v) is 8.26. The summed E-state index contributed by atoms with van der Waals surface area (Å²) in [7, 11) is 0. The van der Waals surface area contributed by atoms with Crippen LogP contribution in [0.2, 0.25) is 0 Å². The van der Waals surface area contributed by atoms with Gasteiger partial charge in [-0.2, -0.15) is 0 Å². The van der Waals surface area contributed by atoms with Gasteiger partial charge in [-0.3, -0.25) is 4.57 Å². The van der Waals surface area contributed by atoms with Crippen LogP contribution in [0.4, 0.5) is 0 Å². The zero-order valence-electron chi connectivity index (χ0n) is 14.0. The Labute approximate surface area is 141 Å². The van der Waals surface area contributed by atoms with Gasteiger partial charge in [-0.05, 0) is 36.6 Å². The first kappa shape index (κ1) is 16.1. The molecule has 0 spiro atoms. The Balaban J connectivity index is 2.42. The number of rotatable bonds is 6. The summed E-state index contributed by atoms with van der Waals surface area (Å²) < 4.78 is 7.81. The highest BCUT2D eigenvalue weighted by molar-refractivity contribution is 6.08. The quantitative estimate of drug-likeness (QED) is 0.716. The smallest absolute Gasteiger partial charge is 0.341 e. The van der Waals surface area contributed by atoms with Crippen molar-refractivity contribution in [2.45, 2.75) is 26.7 Å². The van der Waals surface area contributed by atoms with Crippen LogP contribution in [0.15, 0.2) is 48.5 Å². The molecular formula is C20H21NO3. The minimum absolute atomic E-state index is 0.250. The van der Waals surface area contributed by atoms with E-state index in [0.717, 1.165) is 35.0 Å². The van der Waals surface area contributed by atoms with E-state index in [1.807, 2.05) is 66.9 Å². The zero-order chi connectivity index (χ0) is 17.1. The SMILES string of the molecule is CCCOc1c(C(=O)O)c2c(CC)cccc2n1-c1ccccc1. The highest BCUT2D eigenvalue weighted by Gasteiger charge is 2.26. The molecular weight excluding hydrogens is 302 g/mol. The van der Waals surface area contributed by atoms with Gasteiger partial charge in [0.05, 0.1) is 12.1 Å². The Morgan fingerprint density at radius 1 is 1.08 bits per heavy atom. The van der Waals surface area contributed by atoms with Crippen LogP contribution in [0.5, 0.6) is 5.88 Å². The molecule has 0 unspecified atom stereocenters. The van der Waals surface area contributed by atoms with Crippen molar-refractivity contribution >= 4 is 16.9 Å². The summed E-state index contributed by atoms with van der Waals surface area (Å²) in [5.41, 5.74) is 3.03. The van der Waals surface area contributed by atoms with Crippen molar-refractivity contribution in [3.8, 4) is 11.6 Å². The number of ether oxygens (including phenoxy) is 1. The minimum atomic E-state index is -0.957. The second-order valence-electron chi connectivity index (χ2n) is 5.67. The number of carbonyl (C=O) groups is 1. The summed E-state index contributed by atoms with van der Waals surface area (Å²) in [5.74, 6) is -0.548. The zero-order valence-corrected chi connectivity index (χ0v) is 14.0. The number of para-hydroxylation sites is 1. The topological polar surface area (TPSA) is 51.5 Å². The average Bonchev–Trinajstić information content (AvgIpc) is 2.94. The number of carboxylic acids is 1. The fourth-order valence-corrected chi connectivity index (χ4v) is 3.05. The number of aryl methyl sites for hydroxylation is 1. The van der Waals surface area contributed by atoms with Gasteiger partial charge in [0.1, 0.15) is 5.56 Å². The minimum Gasteiger partial charge on any atom is -0.478 e. The number of hydrogen-bond donors (Lipinski definition) is 1. The van der Waals surface area contributed by atoms with Gasteiger partial charge >= 0.3 is 5.97 Å². The number of aromatic nitrogens is 1. The van der Waals surface area contributed by atoms with Gasteiger partial charge < -0.3 is 9.84 Å². The summed E-state index contributed by atoms with van der Waals surface area (Å²) in [6, 6.07) is 15.6. The molecule has 0 aliphatic rings. The number of aromatic carboxylic acids is 1. The fourth-order valence-electron chi connectivity index (χ4n) is 3.05. The summed E-state index contributed by atoms with van der Waals surface area (Å²) in [4.78, 5) is 12.0. The maximum Gasteiger partial charge on any atom is 0.341 e. The number of carboxylic acid groups (broad SMARTS) is 1. The maximum atomic E-state index is 12.0. The molecule has 4 nitrogen and oxygen atoms in total. The third-order valence-electron chi connectivity index (χ3n) is 4.09. The van der Waals surface area contributed by atoms with Crippen LogP contribution in [0.1, 0.15) is 36.2 Å². The first-order valence-electron chi connectivity index (χ1n) is 8.26. The molecule has 0 amide bonds. The molecule has 2 aromatic carbocycles. The lowest BCUT2D eigenvalue weighted by atomic mass is 10.0. The van der Waals surface area contributed by atoms with Crippen molar-refractivity contribution in [3.63, 3.8) is 0 Å². The van der Waals surface area contributed by atoms with Gasteiger partial charge in [0.15, 0.2) is 0 Å². The van der Waals surface area contributed by atoms with E-state index in [9.17, 15) is 9.90 Å².